The summed E-state index contributed by atoms with van der Waals surface area (Å²) in [5.74, 6) is -0.344. The maximum atomic E-state index is 12.0. The van der Waals surface area contributed by atoms with Gasteiger partial charge in [0, 0.05) is 16.0 Å². The van der Waals surface area contributed by atoms with Crippen LogP contribution in [0.5, 0.6) is 0 Å². The average molecular weight is 463 g/mol. The van der Waals surface area contributed by atoms with E-state index in [4.69, 9.17) is 4.99 Å². The molecular formula is C24H22N4O2S2. The molecule has 1 aliphatic rings. The molecule has 8 heteroatoms. The van der Waals surface area contributed by atoms with E-state index in [-0.39, 0.29) is 0 Å². The summed E-state index contributed by atoms with van der Waals surface area (Å²) in [5.41, 5.74) is 6.28. The quantitative estimate of drug-likeness (QED) is 0.428. The second-order valence-corrected chi connectivity index (χ2v) is 10.0. The molecule has 5 rings (SSSR count). The van der Waals surface area contributed by atoms with Crippen LogP contribution < -0.4 is 0 Å². The molecule has 1 N–H and O–H groups in total. The van der Waals surface area contributed by atoms with E-state index >= 15 is 0 Å². The molecule has 162 valence electrons. The standard InChI is InChI=1S/C24H22N4O2S2/c1-12-14(3)32-23-19(12)21(17-7-5-16(6-8-17)18-9-10-31-11-18)25-20(13(2)24(29)30)22-27-26-15(4)28(22)23/h5-11,13,20H,1-4H3,(H,29,30)/t13?,20-/m0/s1. The largest absolute Gasteiger partial charge is 0.481 e. The van der Waals surface area contributed by atoms with Crippen molar-refractivity contribution in [3.8, 4) is 16.1 Å². The number of hydrogen-bond donors (Lipinski definition) is 1. The van der Waals surface area contributed by atoms with E-state index in [1.807, 2.05) is 11.5 Å². The molecule has 2 atom stereocenters. The number of carboxylic acid groups (broad SMARTS) is 1. The fraction of sp³-hybridized carbons (Fsp3) is 0.250. The molecule has 0 amide bonds. The molecule has 4 heterocycles. The molecule has 0 spiro atoms. The number of carbonyl (C=O) groups is 1. The average Bonchev–Trinajstić information content (AvgIpc) is 3.48. The summed E-state index contributed by atoms with van der Waals surface area (Å²) >= 11 is 3.34. The normalized spacial score (nSPS) is 16.1. The van der Waals surface area contributed by atoms with Crippen molar-refractivity contribution in [2.24, 2.45) is 10.9 Å². The lowest BCUT2D eigenvalue weighted by Gasteiger charge is -2.16. The minimum atomic E-state index is -0.906. The summed E-state index contributed by atoms with van der Waals surface area (Å²) in [7, 11) is 0. The van der Waals surface area contributed by atoms with Gasteiger partial charge in [0.1, 0.15) is 16.9 Å². The number of aromatic nitrogens is 3. The summed E-state index contributed by atoms with van der Waals surface area (Å²) in [4.78, 5) is 18.2. The Morgan fingerprint density at radius 1 is 1.06 bits per heavy atom. The zero-order chi connectivity index (χ0) is 22.6. The first-order chi connectivity index (χ1) is 15.4. The molecular weight excluding hydrogens is 440 g/mol. The Balaban J connectivity index is 1.74. The minimum absolute atomic E-state index is 0.574. The van der Waals surface area contributed by atoms with Gasteiger partial charge in [0.25, 0.3) is 0 Å². The lowest BCUT2D eigenvalue weighted by molar-refractivity contribution is -0.141. The number of rotatable bonds is 4. The fourth-order valence-corrected chi connectivity index (χ4v) is 5.95. The van der Waals surface area contributed by atoms with E-state index in [0.717, 1.165) is 38.8 Å². The van der Waals surface area contributed by atoms with E-state index in [2.05, 4.69) is 65.1 Å². The van der Waals surface area contributed by atoms with Crippen LogP contribution in [0.2, 0.25) is 0 Å². The maximum absolute atomic E-state index is 12.0. The Hall–Kier alpha value is -3.10. The zero-order valence-electron chi connectivity index (χ0n) is 18.2. The van der Waals surface area contributed by atoms with Gasteiger partial charge in [-0.1, -0.05) is 24.3 Å². The molecule has 32 heavy (non-hydrogen) atoms. The van der Waals surface area contributed by atoms with Gasteiger partial charge >= 0.3 is 5.97 Å². The summed E-state index contributed by atoms with van der Waals surface area (Å²) in [6.45, 7) is 7.77. The highest BCUT2D eigenvalue weighted by molar-refractivity contribution is 7.15. The molecule has 0 fully saturated rings. The van der Waals surface area contributed by atoms with Crippen molar-refractivity contribution in [1.82, 2.24) is 14.8 Å². The molecule has 0 saturated carbocycles. The van der Waals surface area contributed by atoms with Crippen LogP contribution in [0.1, 0.15) is 46.2 Å². The van der Waals surface area contributed by atoms with Crippen LogP contribution in [-0.2, 0) is 4.79 Å². The highest BCUT2D eigenvalue weighted by Crippen LogP contribution is 2.40. The van der Waals surface area contributed by atoms with Crippen molar-refractivity contribution in [1.29, 1.82) is 0 Å². The molecule has 1 aliphatic heterocycles. The van der Waals surface area contributed by atoms with Crippen LogP contribution in [-0.4, -0.2) is 31.6 Å². The van der Waals surface area contributed by atoms with Crippen LogP contribution in [0.4, 0.5) is 0 Å². The van der Waals surface area contributed by atoms with Crippen LogP contribution >= 0.6 is 22.7 Å². The summed E-state index contributed by atoms with van der Waals surface area (Å²) < 4.78 is 1.99. The van der Waals surface area contributed by atoms with Gasteiger partial charge in [0.15, 0.2) is 5.82 Å². The first-order valence-corrected chi connectivity index (χ1v) is 12.1. The molecule has 6 nitrogen and oxygen atoms in total. The third-order valence-corrected chi connectivity index (χ3v) is 7.94. The van der Waals surface area contributed by atoms with Gasteiger partial charge in [-0.05, 0) is 61.2 Å². The van der Waals surface area contributed by atoms with Gasteiger partial charge in [0.2, 0.25) is 0 Å². The molecule has 1 aromatic carbocycles. The van der Waals surface area contributed by atoms with Crippen molar-refractivity contribution in [2.45, 2.75) is 33.7 Å². The number of aliphatic imine (C=N–C) groups is 1. The number of aliphatic carboxylic acids is 1. The topological polar surface area (TPSA) is 80.4 Å². The van der Waals surface area contributed by atoms with Crippen molar-refractivity contribution in [2.75, 3.05) is 0 Å². The zero-order valence-corrected chi connectivity index (χ0v) is 19.8. The molecule has 3 aromatic heterocycles. The van der Waals surface area contributed by atoms with Crippen LogP contribution in [0.3, 0.4) is 0 Å². The molecule has 0 radical (unpaired) electrons. The lowest BCUT2D eigenvalue weighted by Crippen LogP contribution is -2.21. The number of carboxylic acids is 1. The van der Waals surface area contributed by atoms with Crippen LogP contribution in [0.15, 0.2) is 46.1 Å². The van der Waals surface area contributed by atoms with Gasteiger partial charge in [-0.25, -0.2) is 0 Å². The molecule has 4 aromatic rings. The van der Waals surface area contributed by atoms with Gasteiger partial charge in [0.05, 0.1) is 11.6 Å². The number of benzene rings is 1. The number of hydrogen-bond acceptors (Lipinski definition) is 6. The first-order valence-electron chi connectivity index (χ1n) is 10.3. The second-order valence-electron chi connectivity index (χ2n) is 8.04. The van der Waals surface area contributed by atoms with Gasteiger partial charge in [-0.2, -0.15) is 11.3 Å². The van der Waals surface area contributed by atoms with E-state index in [1.165, 1.54) is 10.4 Å². The first kappa shape index (κ1) is 20.8. The molecule has 1 unspecified atom stereocenters. The number of aryl methyl sites for hydroxylation is 2. The predicted octanol–water partition coefficient (Wildman–Crippen LogP) is 5.60. The van der Waals surface area contributed by atoms with E-state index in [0.29, 0.717) is 5.82 Å². The summed E-state index contributed by atoms with van der Waals surface area (Å²) in [5, 5.41) is 23.6. The Morgan fingerprint density at radius 2 is 1.78 bits per heavy atom. The third kappa shape index (κ3) is 3.22. The fourth-order valence-electron chi connectivity index (χ4n) is 4.07. The maximum Gasteiger partial charge on any atom is 0.308 e. The van der Waals surface area contributed by atoms with Crippen molar-refractivity contribution < 1.29 is 9.90 Å². The highest BCUT2D eigenvalue weighted by atomic mass is 32.1. The van der Waals surface area contributed by atoms with Crippen LogP contribution in [0, 0.1) is 26.7 Å². The Labute approximate surface area is 193 Å². The monoisotopic (exact) mass is 462 g/mol. The Bertz CT molecular complexity index is 1350. The van der Waals surface area contributed by atoms with Crippen molar-refractivity contribution in [3.05, 3.63) is 74.3 Å². The van der Waals surface area contributed by atoms with Crippen molar-refractivity contribution >= 4 is 34.4 Å². The Kier molecular flexibility index (Phi) is 5.06. The number of fused-ring (bicyclic) bond motifs is 3. The summed E-state index contributed by atoms with van der Waals surface area (Å²) in [6, 6.07) is 9.81. The van der Waals surface area contributed by atoms with Crippen molar-refractivity contribution in [3.63, 3.8) is 0 Å². The second kappa shape index (κ2) is 7.79. The molecule has 0 aliphatic carbocycles. The Morgan fingerprint density at radius 3 is 2.44 bits per heavy atom. The van der Waals surface area contributed by atoms with E-state index in [9.17, 15) is 9.90 Å². The van der Waals surface area contributed by atoms with Crippen LogP contribution in [0.25, 0.3) is 16.1 Å². The smallest absolute Gasteiger partial charge is 0.308 e. The molecule has 0 bridgehead atoms. The highest BCUT2D eigenvalue weighted by Gasteiger charge is 2.36. The van der Waals surface area contributed by atoms with Gasteiger partial charge in [-0.15, -0.1) is 21.5 Å². The van der Waals surface area contributed by atoms with Gasteiger partial charge < -0.3 is 5.11 Å². The van der Waals surface area contributed by atoms with Gasteiger partial charge in [-0.3, -0.25) is 14.4 Å². The predicted molar refractivity (Wildman–Crippen MR) is 128 cm³/mol. The third-order valence-electron chi connectivity index (χ3n) is 6.07. The minimum Gasteiger partial charge on any atom is -0.481 e. The number of thiophene rings is 2. The molecule has 0 saturated heterocycles. The summed E-state index contributed by atoms with van der Waals surface area (Å²) in [6.07, 6.45) is 0. The van der Waals surface area contributed by atoms with E-state index in [1.54, 1.807) is 29.6 Å². The SMILES string of the molecule is Cc1sc2c(c1C)C(c1ccc(-c3ccsc3)cc1)=N[C@@H](C(C)C(=O)O)c1nnc(C)n1-2. The lowest BCUT2D eigenvalue weighted by atomic mass is 9.97. The van der Waals surface area contributed by atoms with E-state index < -0.39 is 17.9 Å². The number of nitrogens with zero attached hydrogens (tertiary/aromatic N) is 4.